The number of carbonyl (C=O) groups excluding carboxylic acids is 1. The lowest BCUT2D eigenvalue weighted by Gasteiger charge is -2.07. The molecule has 0 spiro atoms. The van der Waals surface area contributed by atoms with E-state index in [0.717, 1.165) is 11.4 Å². The topological polar surface area (TPSA) is 76.1 Å². The lowest BCUT2D eigenvalue weighted by Crippen LogP contribution is -2.23. The van der Waals surface area contributed by atoms with Gasteiger partial charge in [0.15, 0.2) is 0 Å². The highest BCUT2D eigenvalue weighted by Gasteiger charge is 2.06. The Labute approximate surface area is 129 Å². The molecule has 114 valence electrons. The molecule has 2 rings (SSSR count). The lowest BCUT2D eigenvalue weighted by atomic mass is 10.3. The molecule has 22 heavy (non-hydrogen) atoms. The number of aromatic nitrogens is 2. The first kappa shape index (κ1) is 15.5. The zero-order valence-corrected chi connectivity index (χ0v) is 12.4. The Morgan fingerprint density at radius 1 is 1.27 bits per heavy atom. The molecule has 0 unspecified atom stereocenters. The minimum absolute atomic E-state index is 0.229. The zero-order valence-electron chi connectivity index (χ0n) is 12.4. The number of benzene rings is 1. The van der Waals surface area contributed by atoms with Crippen molar-refractivity contribution in [3.63, 3.8) is 0 Å². The van der Waals surface area contributed by atoms with Crippen LogP contribution in [0.5, 0.6) is 5.75 Å². The van der Waals surface area contributed by atoms with Crippen molar-refractivity contribution in [2.24, 2.45) is 0 Å². The number of nitrogens with zero attached hydrogens (tertiary/aromatic N) is 2. The monoisotopic (exact) mass is 298 g/mol. The molecule has 2 aromatic rings. The van der Waals surface area contributed by atoms with Crippen LogP contribution in [0.15, 0.2) is 49.3 Å². The van der Waals surface area contributed by atoms with E-state index in [2.05, 4.69) is 27.2 Å². The van der Waals surface area contributed by atoms with Crippen LogP contribution in [-0.2, 0) is 0 Å². The highest BCUT2D eigenvalue weighted by atomic mass is 16.5. The van der Waals surface area contributed by atoms with Gasteiger partial charge in [0.05, 0.1) is 12.2 Å². The first-order valence-corrected chi connectivity index (χ1v) is 6.94. The zero-order chi connectivity index (χ0) is 15.8. The van der Waals surface area contributed by atoms with Crippen LogP contribution in [-0.4, -0.2) is 29.0 Å². The van der Waals surface area contributed by atoms with Crippen molar-refractivity contribution in [2.75, 3.05) is 18.5 Å². The molecule has 0 atom stereocenters. The maximum Gasteiger partial charge on any atom is 0.254 e. The van der Waals surface area contributed by atoms with Crippen LogP contribution < -0.4 is 15.4 Å². The molecule has 1 aromatic heterocycles. The molecule has 6 heteroatoms. The van der Waals surface area contributed by atoms with Gasteiger partial charge in [-0.2, -0.15) is 0 Å². The van der Waals surface area contributed by atoms with Crippen LogP contribution >= 0.6 is 0 Å². The Balaban J connectivity index is 1.98. The first-order chi connectivity index (χ1) is 10.7. The molecule has 0 aliphatic heterocycles. The van der Waals surface area contributed by atoms with Gasteiger partial charge in [0, 0.05) is 24.6 Å². The minimum atomic E-state index is -0.229. The Morgan fingerprint density at radius 3 is 2.55 bits per heavy atom. The van der Waals surface area contributed by atoms with Gasteiger partial charge in [0.25, 0.3) is 5.91 Å². The summed E-state index contributed by atoms with van der Waals surface area (Å²) in [4.78, 5) is 19.9. The van der Waals surface area contributed by atoms with E-state index in [1.807, 2.05) is 31.2 Å². The third-order valence-electron chi connectivity index (χ3n) is 2.74. The van der Waals surface area contributed by atoms with Crippen LogP contribution in [0.1, 0.15) is 17.3 Å². The van der Waals surface area contributed by atoms with Crippen molar-refractivity contribution in [3.05, 3.63) is 54.9 Å². The Kier molecular flexibility index (Phi) is 5.48. The second kappa shape index (κ2) is 7.78. The molecular weight excluding hydrogens is 280 g/mol. The van der Waals surface area contributed by atoms with Gasteiger partial charge in [-0.25, -0.2) is 9.97 Å². The fourth-order valence-electron chi connectivity index (χ4n) is 1.71. The summed E-state index contributed by atoms with van der Waals surface area (Å²) < 4.78 is 5.37. The van der Waals surface area contributed by atoms with Gasteiger partial charge in [-0.1, -0.05) is 6.08 Å². The summed E-state index contributed by atoms with van der Waals surface area (Å²) in [5.41, 5.74) is 1.24. The Hall–Kier alpha value is -2.89. The number of carbonyl (C=O) groups is 1. The summed E-state index contributed by atoms with van der Waals surface area (Å²) in [6.45, 7) is 6.52. The number of hydrogen-bond acceptors (Lipinski definition) is 5. The molecule has 0 aliphatic carbocycles. The summed E-state index contributed by atoms with van der Waals surface area (Å²) in [6, 6.07) is 7.48. The van der Waals surface area contributed by atoms with Crippen LogP contribution in [0.3, 0.4) is 0 Å². The molecule has 1 amide bonds. The number of nitrogens with one attached hydrogen (secondary N) is 2. The second-order valence-electron chi connectivity index (χ2n) is 4.38. The van der Waals surface area contributed by atoms with Crippen molar-refractivity contribution in [1.82, 2.24) is 15.3 Å². The van der Waals surface area contributed by atoms with Gasteiger partial charge in [-0.3, -0.25) is 4.79 Å². The van der Waals surface area contributed by atoms with E-state index in [1.165, 1.54) is 12.4 Å². The second-order valence-corrected chi connectivity index (χ2v) is 4.38. The van der Waals surface area contributed by atoms with Crippen molar-refractivity contribution in [3.8, 4) is 5.75 Å². The molecule has 0 saturated heterocycles. The van der Waals surface area contributed by atoms with E-state index in [-0.39, 0.29) is 5.91 Å². The standard InChI is InChI=1S/C16H18N4O2/c1-3-9-17-15(21)12-10-18-16(19-11-12)20-13-5-7-14(8-6-13)22-4-2/h3,5-8,10-11H,1,4,9H2,2H3,(H,17,21)(H,18,19,20). The number of anilines is 2. The van der Waals surface area contributed by atoms with Gasteiger partial charge >= 0.3 is 0 Å². The highest BCUT2D eigenvalue weighted by Crippen LogP contribution is 2.18. The summed E-state index contributed by atoms with van der Waals surface area (Å²) in [5.74, 6) is 1.00. The highest BCUT2D eigenvalue weighted by molar-refractivity contribution is 5.93. The Morgan fingerprint density at radius 2 is 1.95 bits per heavy atom. The number of ether oxygens (including phenoxy) is 1. The molecule has 2 N–H and O–H groups in total. The van der Waals surface area contributed by atoms with Gasteiger partial charge in [0.2, 0.25) is 5.95 Å². The Bertz CT molecular complexity index is 624. The smallest absolute Gasteiger partial charge is 0.254 e. The molecular formula is C16H18N4O2. The summed E-state index contributed by atoms with van der Waals surface area (Å²) >= 11 is 0. The van der Waals surface area contributed by atoms with Crippen molar-refractivity contribution >= 4 is 17.5 Å². The molecule has 0 aliphatic rings. The molecule has 6 nitrogen and oxygen atoms in total. The predicted molar refractivity (Wildman–Crippen MR) is 85.5 cm³/mol. The lowest BCUT2D eigenvalue weighted by molar-refractivity contribution is 0.0957. The third-order valence-corrected chi connectivity index (χ3v) is 2.74. The SMILES string of the molecule is C=CCNC(=O)c1cnc(Nc2ccc(OCC)cc2)nc1. The maximum absolute atomic E-state index is 11.7. The summed E-state index contributed by atoms with van der Waals surface area (Å²) in [5, 5.41) is 5.72. The predicted octanol–water partition coefficient (Wildman–Crippen LogP) is 2.53. The van der Waals surface area contributed by atoms with Gasteiger partial charge in [-0.05, 0) is 31.2 Å². The van der Waals surface area contributed by atoms with E-state index in [4.69, 9.17) is 4.74 Å². The minimum Gasteiger partial charge on any atom is -0.494 e. The maximum atomic E-state index is 11.7. The number of amides is 1. The third kappa shape index (κ3) is 4.31. The van der Waals surface area contributed by atoms with Crippen LogP contribution in [0.2, 0.25) is 0 Å². The molecule has 0 bridgehead atoms. The van der Waals surface area contributed by atoms with E-state index in [9.17, 15) is 4.79 Å². The largest absolute Gasteiger partial charge is 0.494 e. The fraction of sp³-hybridized carbons (Fsp3) is 0.188. The van der Waals surface area contributed by atoms with Crippen LogP contribution in [0.25, 0.3) is 0 Å². The average Bonchev–Trinajstić information content (AvgIpc) is 2.55. The summed E-state index contributed by atoms with van der Waals surface area (Å²) in [6.07, 6.45) is 4.56. The van der Waals surface area contributed by atoms with Crippen molar-refractivity contribution < 1.29 is 9.53 Å². The van der Waals surface area contributed by atoms with E-state index >= 15 is 0 Å². The van der Waals surface area contributed by atoms with Crippen molar-refractivity contribution in [2.45, 2.75) is 6.92 Å². The van der Waals surface area contributed by atoms with Crippen molar-refractivity contribution in [1.29, 1.82) is 0 Å². The summed E-state index contributed by atoms with van der Waals surface area (Å²) in [7, 11) is 0. The first-order valence-electron chi connectivity index (χ1n) is 6.94. The van der Waals surface area contributed by atoms with Crippen LogP contribution in [0.4, 0.5) is 11.6 Å². The van der Waals surface area contributed by atoms with Gasteiger partial charge < -0.3 is 15.4 Å². The number of hydrogen-bond donors (Lipinski definition) is 2. The van der Waals surface area contributed by atoms with Crippen LogP contribution in [0, 0.1) is 0 Å². The molecule has 0 saturated carbocycles. The number of rotatable bonds is 7. The average molecular weight is 298 g/mol. The van der Waals surface area contributed by atoms with E-state index in [0.29, 0.717) is 24.7 Å². The van der Waals surface area contributed by atoms with Gasteiger partial charge in [0.1, 0.15) is 5.75 Å². The molecule has 0 radical (unpaired) electrons. The molecule has 1 aromatic carbocycles. The fourth-order valence-corrected chi connectivity index (χ4v) is 1.71. The van der Waals surface area contributed by atoms with E-state index < -0.39 is 0 Å². The van der Waals surface area contributed by atoms with Gasteiger partial charge in [-0.15, -0.1) is 6.58 Å². The molecule has 0 fully saturated rings. The van der Waals surface area contributed by atoms with E-state index in [1.54, 1.807) is 6.08 Å². The normalized spacial score (nSPS) is 9.86. The quantitative estimate of drug-likeness (QED) is 0.768. The molecule has 1 heterocycles.